The average Bonchev–Trinajstić information content (AvgIpc) is 2.98. The number of carbonyl (C=O) groups is 4. The molecule has 0 spiro atoms. The Balaban J connectivity index is 1.57. The van der Waals surface area contributed by atoms with Gasteiger partial charge < -0.3 is 31.1 Å². The van der Waals surface area contributed by atoms with Crippen molar-refractivity contribution in [3.63, 3.8) is 0 Å². The Labute approximate surface area is 244 Å². The quantitative estimate of drug-likeness (QED) is 0.281. The second-order valence-corrected chi connectivity index (χ2v) is 10.1. The third-order valence-corrected chi connectivity index (χ3v) is 6.74. The number of carbonyl (C=O) groups excluding carboxylic acids is 4. The number of pyridine rings is 1. The van der Waals surface area contributed by atoms with Gasteiger partial charge in [0, 0.05) is 24.9 Å². The Morgan fingerprint density at radius 3 is 2.48 bits per heavy atom. The van der Waals surface area contributed by atoms with Gasteiger partial charge in [0.2, 0.25) is 17.7 Å². The molecule has 4 rings (SSSR count). The highest BCUT2D eigenvalue weighted by Gasteiger charge is 2.31. The van der Waals surface area contributed by atoms with E-state index < -0.39 is 54.3 Å². The van der Waals surface area contributed by atoms with Crippen LogP contribution in [0.4, 0.5) is 0 Å². The fourth-order valence-electron chi connectivity index (χ4n) is 4.56. The van der Waals surface area contributed by atoms with E-state index in [1.165, 1.54) is 6.92 Å². The largest absolute Gasteiger partial charge is 0.491 e. The summed E-state index contributed by atoms with van der Waals surface area (Å²) >= 11 is 0. The molecule has 5 N–H and O–H groups in total. The first-order valence-corrected chi connectivity index (χ1v) is 13.8. The molecule has 0 bridgehead atoms. The second kappa shape index (κ2) is 14.7. The Morgan fingerprint density at radius 2 is 1.74 bits per heavy atom. The van der Waals surface area contributed by atoms with E-state index in [4.69, 9.17) is 4.74 Å². The summed E-state index contributed by atoms with van der Waals surface area (Å²) in [6.07, 6.45) is 0.805. The summed E-state index contributed by atoms with van der Waals surface area (Å²) in [6, 6.07) is 18.4. The first-order valence-electron chi connectivity index (χ1n) is 13.8. The lowest BCUT2D eigenvalue weighted by Crippen LogP contribution is -2.57. The van der Waals surface area contributed by atoms with Gasteiger partial charge >= 0.3 is 0 Å². The Hall–Kier alpha value is -4.77. The highest BCUT2D eigenvalue weighted by atomic mass is 16.5. The Morgan fingerprint density at radius 1 is 1.00 bits per heavy atom. The van der Waals surface area contributed by atoms with Gasteiger partial charge in [0.05, 0.1) is 24.1 Å². The van der Waals surface area contributed by atoms with E-state index in [-0.39, 0.29) is 24.5 Å². The maximum Gasteiger partial charge on any atom is 0.255 e. The lowest BCUT2D eigenvalue weighted by molar-refractivity contribution is -0.133. The van der Waals surface area contributed by atoms with Crippen molar-refractivity contribution in [1.82, 2.24) is 26.3 Å². The van der Waals surface area contributed by atoms with Crippen LogP contribution in [0.1, 0.15) is 35.0 Å². The summed E-state index contributed by atoms with van der Waals surface area (Å²) in [5, 5.41) is 21.1. The SMILES string of the molecule is C[C@@H](O)[C@@H]1NC(=O)C[C@@H](C(=O)NCCc2ccccn2)NC(=O)c2ccccc2OC[C@@H](Cc2ccccc2)NC1=O. The van der Waals surface area contributed by atoms with E-state index in [9.17, 15) is 24.3 Å². The number of amides is 4. The highest BCUT2D eigenvalue weighted by molar-refractivity contribution is 6.01. The van der Waals surface area contributed by atoms with E-state index in [1.54, 1.807) is 36.5 Å². The summed E-state index contributed by atoms with van der Waals surface area (Å²) < 4.78 is 6.03. The molecule has 42 heavy (non-hydrogen) atoms. The van der Waals surface area contributed by atoms with Crippen molar-refractivity contribution in [2.24, 2.45) is 0 Å². The van der Waals surface area contributed by atoms with Gasteiger partial charge in [-0.05, 0) is 43.2 Å². The molecule has 3 aromatic rings. The van der Waals surface area contributed by atoms with Crippen molar-refractivity contribution in [1.29, 1.82) is 0 Å². The van der Waals surface area contributed by atoms with Crippen LogP contribution in [0.15, 0.2) is 79.0 Å². The van der Waals surface area contributed by atoms with Crippen LogP contribution in [0.5, 0.6) is 5.75 Å². The van der Waals surface area contributed by atoms with Gasteiger partial charge in [0.25, 0.3) is 5.91 Å². The topological polar surface area (TPSA) is 159 Å². The predicted molar refractivity (Wildman–Crippen MR) is 154 cm³/mol. The van der Waals surface area contributed by atoms with Gasteiger partial charge in [-0.3, -0.25) is 24.2 Å². The third-order valence-electron chi connectivity index (χ3n) is 6.74. The number of benzene rings is 2. The zero-order valence-electron chi connectivity index (χ0n) is 23.3. The third kappa shape index (κ3) is 8.61. The first kappa shape index (κ1) is 30.2. The molecule has 0 fully saturated rings. The maximum atomic E-state index is 13.4. The fraction of sp³-hybridized carbons (Fsp3) is 0.323. The number of hydrogen-bond acceptors (Lipinski definition) is 7. The summed E-state index contributed by atoms with van der Waals surface area (Å²) in [5.41, 5.74) is 1.88. The van der Waals surface area contributed by atoms with Crippen LogP contribution in [-0.2, 0) is 27.2 Å². The molecule has 0 radical (unpaired) electrons. The van der Waals surface area contributed by atoms with Gasteiger partial charge in [-0.2, -0.15) is 0 Å². The molecule has 1 aliphatic heterocycles. The lowest BCUT2D eigenvalue weighted by Gasteiger charge is -2.27. The molecule has 0 aliphatic carbocycles. The van der Waals surface area contributed by atoms with E-state index in [0.29, 0.717) is 12.8 Å². The molecule has 11 heteroatoms. The number of para-hydroxylation sites is 1. The van der Waals surface area contributed by atoms with Gasteiger partial charge in [-0.15, -0.1) is 0 Å². The molecular formula is C31H35N5O6. The molecule has 0 unspecified atom stereocenters. The minimum Gasteiger partial charge on any atom is -0.491 e. The number of hydrogen-bond donors (Lipinski definition) is 5. The number of nitrogens with zero attached hydrogens (tertiary/aromatic N) is 1. The molecule has 4 atom stereocenters. The standard InChI is InChI=1S/C31H35N5O6/c1-20(37)28-31(41)34-23(17-21-9-3-2-4-10-21)19-42-26-13-6-5-12-24(26)29(39)35-25(18-27(38)36-28)30(40)33-16-14-22-11-7-8-15-32-22/h2-13,15,20,23,25,28,37H,14,16-19H2,1H3,(H,33,40)(H,34,41)(H,35,39)(H,36,38)/t20-,23-,25+,28+/m1/s1. The molecule has 2 heterocycles. The number of ether oxygens (including phenoxy) is 1. The van der Waals surface area contributed by atoms with Gasteiger partial charge in [0.1, 0.15) is 24.4 Å². The summed E-state index contributed by atoms with van der Waals surface area (Å²) in [6.45, 7) is 1.62. The molecule has 0 saturated heterocycles. The first-order chi connectivity index (χ1) is 20.3. The molecule has 4 amide bonds. The zero-order chi connectivity index (χ0) is 29.9. The van der Waals surface area contributed by atoms with Crippen LogP contribution in [0.2, 0.25) is 0 Å². The predicted octanol–water partition coefficient (Wildman–Crippen LogP) is 0.915. The van der Waals surface area contributed by atoms with Crippen LogP contribution < -0.4 is 26.0 Å². The Kier molecular flexibility index (Phi) is 10.6. The van der Waals surface area contributed by atoms with Crippen molar-refractivity contribution in [3.05, 3.63) is 95.8 Å². The zero-order valence-corrected chi connectivity index (χ0v) is 23.3. The molecular weight excluding hydrogens is 538 g/mol. The lowest BCUT2D eigenvalue weighted by atomic mass is 10.0. The molecule has 2 aromatic carbocycles. The van der Waals surface area contributed by atoms with E-state index >= 15 is 0 Å². The van der Waals surface area contributed by atoms with Crippen molar-refractivity contribution < 1.29 is 29.0 Å². The van der Waals surface area contributed by atoms with Crippen LogP contribution in [0, 0.1) is 0 Å². The van der Waals surface area contributed by atoms with Crippen molar-refractivity contribution in [3.8, 4) is 5.75 Å². The normalized spacial score (nSPS) is 20.4. The van der Waals surface area contributed by atoms with Crippen LogP contribution in [0.3, 0.4) is 0 Å². The number of fused-ring (bicyclic) bond motifs is 1. The van der Waals surface area contributed by atoms with Crippen molar-refractivity contribution in [2.75, 3.05) is 13.2 Å². The van der Waals surface area contributed by atoms with Crippen LogP contribution >= 0.6 is 0 Å². The number of aliphatic hydroxyl groups excluding tert-OH is 1. The maximum absolute atomic E-state index is 13.4. The van der Waals surface area contributed by atoms with Crippen LogP contribution in [0.25, 0.3) is 0 Å². The number of rotatable bonds is 7. The molecule has 1 aromatic heterocycles. The number of aliphatic hydroxyl groups is 1. The summed E-state index contributed by atoms with van der Waals surface area (Å²) in [7, 11) is 0. The fourth-order valence-corrected chi connectivity index (χ4v) is 4.56. The summed E-state index contributed by atoms with van der Waals surface area (Å²) in [5.74, 6) is -2.22. The van der Waals surface area contributed by atoms with Crippen molar-refractivity contribution in [2.45, 2.75) is 50.4 Å². The monoisotopic (exact) mass is 573 g/mol. The van der Waals surface area contributed by atoms with Crippen LogP contribution in [-0.4, -0.2) is 71.1 Å². The highest BCUT2D eigenvalue weighted by Crippen LogP contribution is 2.19. The van der Waals surface area contributed by atoms with Gasteiger partial charge in [-0.25, -0.2) is 0 Å². The van der Waals surface area contributed by atoms with E-state index in [0.717, 1.165) is 11.3 Å². The molecule has 1 aliphatic rings. The average molecular weight is 574 g/mol. The minimum atomic E-state index is -1.30. The minimum absolute atomic E-state index is 0.00282. The van der Waals surface area contributed by atoms with Gasteiger partial charge in [-0.1, -0.05) is 48.5 Å². The van der Waals surface area contributed by atoms with E-state index in [2.05, 4.69) is 26.3 Å². The smallest absolute Gasteiger partial charge is 0.255 e. The molecule has 220 valence electrons. The van der Waals surface area contributed by atoms with Crippen molar-refractivity contribution >= 4 is 23.6 Å². The van der Waals surface area contributed by atoms with E-state index in [1.807, 2.05) is 42.5 Å². The second-order valence-electron chi connectivity index (χ2n) is 10.1. The number of nitrogens with one attached hydrogen (secondary N) is 4. The number of aromatic nitrogens is 1. The molecule has 0 saturated carbocycles. The summed E-state index contributed by atoms with van der Waals surface area (Å²) in [4.78, 5) is 57.1. The Bertz CT molecular complexity index is 1370. The molecule has 11 nitrogen and oxygen atoms in total. The van der Waals surface area contributed by atoms with Gasteiger partial charge in [0.15, 0.2) is 0 Å².